The van der Waals surface area contributed by atoms with E-state index in [2.05, 4.69) is 10.1 Å². The number of nitrogens with one attached hydrogen (secondary N) is 1. The highest BCUT2D eigenvalue weighted by Gasteiger charge is 2.05. The molecule has 1 aromatic carbocycles. The molecule has 0 bridgehead atoms. The van der Waals surface area contributed by atoms with E-state index in [0.717, 1.165) is 5.56 Å². The van der Waals surface area contributed by atoms with Gasteiger partial charge in [-0.1, -0.05) is 29.3 Å². The fourth-order valence-electron chi connectivity index (χ4n) is 1.18. The molecule has 1 aromatic heterocycles. The SMILES string of the molecule is S=c1nc(Cc2ccc(Cl)cc2Cl)[nH]o1. The van der Waals surface area contributed by atoms with E-state index in [1.54, 1.807) is 12.1 Å². The Kier molecular flexibility index (Phi) is 3.09. The Morgan fingerprint density at radius 1 is 1.40 bits per heavy atom. The van der Waals surface area contributed by atoms with Crippen molar-refractivity contribution in [2.45, 2.75) is 6.42 Å². The van der Waals surface area contributed by atoms with Crippen LogP contribution in [-0.4, -0.2) is 10.1 Å². The third kappa shape index (κ3) is 2.59. The van der Waals surface area contributed by atoms with Crippen LogP contribution in [0.4, 0.5) is 0 Å². The number of aromatic amines is 1. The Hall–Kier alpha value is -0.840. The molecule has 0 unspecified atom stereocenters. The van der Waals surface area contributed by atoms with Gasteiger partial charge in [0.1, 0.15) is 5.82 Å². The van der Waals surface area contributed by atoms with Crippen LogP contribution in [-0.2, 0) is 6.42 Å². The molecule has 6 heteroatoms. The standard InChI is InChI=1S/C9H6Cl2N2OS/c10-6-2-1-5(7(11)4-6)3-8-12-9(15)14-13-8/h1-2,4H,3H2,(H,12,13,15). The molecular weight excluding hydrogens is 255 g/mol. The second-order valence-corrected chi connectivity index (χ2v) is 4.13. The van der Waals surface area contributed by atoms with Crippen LogP contribution in [0.25, 0.3) is 0 Å². The quantitative estimate of drug-likeness (QED) is 0.839. The molecule has 2 aromatic rings. The molecule has 15 heavy (non-hydrogen) atoms. The minimum atomic E-state index is 0.190. The summed E-state index contributed by atoms with van der Waals surface area (Å²) in [7, 11) is 0. The molecule has 0 aliphatic heterocycles. The number of H-pyrrole nitrogens is 1. The molecule has 1 N–H and O–H groups in total. The van der Waals surface area contributed by atoms with Crippen LogP contribution < -0.4 is 0 Å². The highest BCUT2D eigenvalue weighted by molar-refractivity contribution is 7.71. The maximum atomic E-state index is 6.00. The molecule has 0 atom stereocenters. The van der Waals surface area contributed by atoms with Crippen LogP contribution in [0.2, 0.25) is 10.0 Å². The van der Waals surface area contributed by atoms with Gasteiger partial charge in [0, 0.05) is 16.5 Å². The molecule has 1 heterocycles. The van der Waals surface area contributed by atoms with Crippen LogP contribution in [0.15, 0.2) is 22.7 Å². The van der Waals surface area contributed by atoms with Crippen LogP contribution in [0.1, 0.15) is 11.4 Å². The van der Waals surface area contributed by atoms with Gasteiger partial charge in [-0.05, 0) is 29.9 Å². The topological polar surface area (TPSA) is 41.8 Å². The van der Waals surface area contributed by atoms with Gasteiger partial charge in [-0.15, -0.1) is 0 Å². The number of hydrogen-bond donors (Lipinski definition) is 1. The van der Waals surface area contributed by atoms with Gasteiger partial charge in [-0.2, -0.15) is 4.98 Å². The first-order chi connectivity index (χ1) is 7.15. The van der Waals surface area contributed by atoms with Crippen LogP contribution in [0.5, 0.6) is 0 Å². The number of hydrogen-bond acceptors (Lipinski definition) is 3. The monoisotopic (exact) mass is 260 g/mol. The Bertz CT molecular complexity index is 535. The zero-order chi connectivity index (χ0) is 10.8. The van der Waals surface area contributed by atoms with Crippen LogP contribution in [0.3, 0.4) is 0 Å². The molecule has 0 spiro atoms. The Labute approximate surface area is 101 Å². The first-order valence-corrected chi connectivity index (χ1v) is 5.30. The molecular formula is C9H6Cl2N2OS. The number of aromatic nitrogens is 2. The van der Waals surface area contributed by atoms with Crippen molar-refractivity contribution < 1.29 is 4.52 Å². The maximum absolute atomic E-state index is 6.00. The summed E-state index contributed by atoms with van der Waals surface area (Å²) in [6.45, 7) is 0. The van der Waals surface area contributed by atoms with Crippen molar-refractivity contribution in [3.8, 4) is 0 Å². The van der Waals surface area contributed by atoms with Gasteiger partial charge in [0.05, 0.1) is 0 Å². The largest absolute Gasteiger partial charge is 0.348 e. The normalized spacial score (nSPS) is 10.5. The number of nitrogens with zero attached hydrogens (tertiary/aromatic N) is 1. The fourth-order valence-corrected chi connectivity index (χ4v) is 1.81. The highest BCUT2D eigenvalue weighted by Crippen LogP contribution is 2.22. The molecule has 0 saturated carbocycles. The fraction of sp³-hybridized carbons (Fsp3) is 0.111. The van der Waals surface area contributed by atoms with Crippen molar-refractivity contribution >= 4 is 35.4 Å². The zero-order valence-electron chi connectivity index (χ0n) is 7.46. The van der Waals surface area contributed by atoms with E-state index in [4.69, 9.17) is 39.9 Å². The van der Waals surface area contributed by atoms with Crippen molar-refractivity contribution in [2.24, 2.45) is 0 Å². The second kappa shape index (κ2) is 4.35. The molecule has 0 aliphatic rings. The minimum Gasteiger partial charge on any atom is -0.348 e. The van der Waals surface area contributed by atoms with Gasteiger partial charge in [0.2, 0.25) is 0 Å². The molecule has 0 radical (unpaired) electrons. The summed E-state index contributed by atoms with van der Waals surface area (Å²) in [5, 5.41) is 3.82. The number of rotatable bonds is 2. The van der Waals surface area contributed by atoms with Crippen molar-refractivity contribution in [1.82, 2.24) is 10.1 Å². The summed E-state index contributed by atoms with van der Waals surface area (Å²) in [4.78, 5) is 4.16. The van der Waals surface area contributed by atoms with Gasteiger partial charge in [0.25, 0.3) is 0 Å². The van der Waals surface area contributed by atoms with Crippen molar-refractivity contribution in [3.05, 3.63) is 44.5 Å². The molecule has 0 aliphatic carbocycles. The van der Waals surface area contributed by atoms with E-state index in [1.807, 2.05) is 6.07 Å². The van der Waals surface area contributed by atoms with Crippen molar-refractivity contribution in [2.75, 3.05) is 0 Å². The smallest absolute Gasteiger partial charge is 0.314 e. The summed E-state index contributed by atoms with van der Waals surface area (Å²) in [5.74, 6) is 0.643. The summed E-state index contributed by atoms with van der Waals surface area (Å²) in [6.07, 6.45) is 0.538. The number of benzene rings is 1. The Morgan fingerprint density at radius 3 is 2.80 bits per heavy atom. The van der Waals surface area contributed by atoms with Gasteiger partial charge >= 0.3 is 4.84 Å². The average molecular weight is 261 g/mol. The lowest BCUT2D eigenvalue weighted by Gasteiger charge is -2.01. The van der Waals surface area contributed by atoms with E-state index in [-0.39, 0.29) is 4.84 Å². The van der Waals surface area contributed by atoms with E-state index in [0.29, 0.717) is 22.3 Å². The number of halogens is 2. The van der Waals surface area contributed by atoms with E-state index in [9.17, 15) is 0 Å². The molecule has 0 amide bonds. The van der Waals surface area contributed by atoms with Crippen molar-refractivity contribution in [3.63, 3.8) is 0 Å². The lowest BCUT2D eigenvalue weighted by atomic mass is 10.1. The van der Waals surface area contributed by atoms with E-state index in [1.165, 1.54) is 0 Å². The summed E-state index contributed by atoms with van der Waals surface area (Å²) in [6, 6.07) is 5.31. The van der Waals surface area contributed by atoms with Crippen LogP contribution in [0, 0.1) is 4.84 Å². The van der Waals surface area contributed by atoms with Gasteiger partial charge < -0.3 is 4.52 Å². The molecule has 78 valence electrons. The summed E-state index contributed by atoms with van der Waals surface area (Å²) in [5.41, 5.74) is 0.917. The summed E-state index contributed by atoms with van der Waals surface area (Å²) < 4.78 is 4.81. The summed E-state index contributed by atoms with van der Waals surface area (Å²) >= 11 is 16.5. The zero-order valence-corrected chi connectivity index (χ0v) is 9.79. The molecule has 0 fully saturated rings. The van der Waals surface area contributed by atoms with Crippen molar-refractivity contribution in [1.29, 1.82) is 0 Å². The highest BCUT2D eigenvalue weighted by atomic mass is 35.5. The van der Waals surface area contributed by atoms with Gasteiger partial charge in [-0.25, -0.2) is 5.16 Å². The lowest BCUT2D eigenvalue weighted by Crippen LogP contribution is -1.91. The lowest BCUT2D eigenvalue weighted by molar-refractivity contribution is 0.399. The Morgan fingerprint density at radius 2 is 2.20 bits per heavy atom. The van der Waals surface area contributed by atoms with E-state index >= 15 is 0 Å². The maximum Gasteiger partial charge on any atom is 0.314 e. The molecule has 0 saturated heterocycles. The minimum absolute atomic E-state index is 0.190. The molecule has 3 nitrogen and oxygen atoms in total. The Balaban J connectivity index is 2.28. The van der Waals surface area contributed by atoms with Gasteiger partial charge in [0.15, 0.2) is 0 Å². The van der Waals surface area contributed by atoms with E-state index < -0.39 is 0 Å². The predicted molar refractivity (Wildman–Crippen MR) is 61.0 cm³/mol. The second-order valence-electron chi connectivity index (χ2n) is 2.94. The third-order valence-corrected chi connectivity index (χ3v) is 2.62. The predicted octanol–water partition coefficient (Wildman–Crippen LogP) is 3.63. The van der Waals surface area contributed by atoms with Gasteiger partial charge in [-0.3, -0.25) is 0 Å². The third-order valence-electron chi connectivity index (χ3n) is 1.86. The van der Waals surface area contributed by atoms with Crippen LogP contribution >= 0.6 is 35.4 Å². The first-order valence-electron chi connectivity index (χ1n) is 4.13. The average Bonchev–Trinajstić information content (AvgIpc) is 2.56. The first kappa shape index (κ1) is 10.7. The molecule has 2 rings (SSSR count).